The molecule has 0 N–H and O–H groups in total. The molecule has 8 heteroatoms. The summed E-state index contributed by atoms with van der Waals surface area (Å²) in [5, 5.41) is 12.0. The van der Waals surface area contributed by atoms with Crippen LogP contribution in [0, 0.1) is 23.0 Å². The van der Waals surface area contributed by atoms with Crippen LogP contribution in [0.3, 0.4) is 0 Å². The number of Topliss-reactive ketones (excluding diaryl/α,β-unsaturated/α-hetero) is 2. The summed E-state index contributed by atoms with van der Waals surface area (Å²) in [5.41, 5.74) is -1.47. The summed E-state index contributed by atoms with van der Waals surface area (Å²) in [6, 6.07) is 4.01. The maximum absolute atomic E-state index is 12.7. The number of benzene rings is 1. The van der Waals surface area contributed by atoms with Crippen molar-refractivity contribution in [2.45, 2.75) is 26.4 Å². The molecule has 1 unspecified atom stereocenters. The molecule has 1 heterocycles. The molecule has 0 radical (unpaired) electrons. The van der Waals surface area contributed by atoms with Crippen LogP contribution in [0.25, 0.3) is 0 Å². The minimum absolute atomic E-state index is 0.265. The van der Waals surface area contributed by atoms with Crippen molar-refractivity contribution >= 4 is 23.2 Å². The first-order valence-electron chi connectivity index (χ1n) is 6.86. The molecule has 23 heavy (non-hydrogen) atoms. The number of hydroxylamine groups is 2. The zero-order chi connectivity index (χ0) is 17.5. The maximum atomic E-state index is 12.7. The third-order valence-corrected chi connectivity index (χ3v) is 3.66. The molecule has 1 saturated heterocycles. The topological polar surface area (TPSA) is 107 Å². The number of ketones is 2. The van der Waals surface area contributed by atoms with Crippen LogP contribution in [0.4, 0.5) is 5.69 Å². The van der Waals surface area contributed by atoms with Crippen molar-refractivity contribution in [2.24, 2.45) is 5.92 Å². The van der Waals surface area contributed by atoms with Crippen molar-refractivity contribution in [3.8, 4) is 0 Å². The molecule has 1 amide bonds. The predicted octanol–water partition coefficient (Wildman–Crippen LogP) is 1.45. The average molecular weight is 320 g/mol. The summed E-state index contributed by atoms with van der Waals surface area (Å²) in [6.07, 6.45) is 0. The highest BCUT2D eigenvalue weighted by molar-refractivity contribution is 6.26. The molecular weight excluding hydrogens is 304 g/mol. The van der Waals surface area contributed by atoms with E-state index in [1.165, 1.54) is 39.1 Å². The number of hydrogen-bond donors (Lipinski definition) is 0. The SMILES string of the molecule is Cc1ccc(C(=O)C2C(=O)N(C)OC(C)(C)C2=O)c([N+](=O)[O-])c1. The van der Waals surface area contributed by atoms with Crippen molar-refractivity contribution in [1.82, 2.24) is 5.06 Å². The lowest BCUT2D eigenvalue weighted by molar-refractivity contribution is -0.385. The second-order valence-corrected chi connectivity index (χ2v) is 5.88. The highest BCUT2D eigenvalue weighted by Crippen LogP contribution is 2.30. The van der Waals surface area contributed by atoms with Crippen LogP contribution in [0.15, 0.2) is 18.2 Å². The highest BCUT2D eigenvalue weighted by atomic mass is 16.7. The van der Waals surface area contributed by atoms with Gasteiger partial charge in [-0.25, -0.2) is 5.06 Å². The molecule has 0 spiro atoms. The van der Waals surface area contributed by atoms with Crippen LogP contribution in [0.2, 0.25) is 0 Å². The van der Waals surface area contributed by atoms with E-state index in [-0.39, 0.29) is 5.56 Å². The maximum Gasteiger partial charge on any atom is 0.280 e. The minimum atomic E-state index is -1.65. The number of nitro benzene ring substituents is 1. The van der Waals surface area contributed by atoms with E-state index in [4.69, 9.17) is 4.84 Å². The van der Waals surface area contributed by atoms with Gasteiger partial charge in [-0.3, -0.25) is 29.3 Å². The quantitative estimate of drug-likeness (QED) is 0.361. The van der Waals surface area contributed by atoms with E-state index in [1.54, 1.807) is 6.92 Å². The second-order valence-electron chi connectivity index (χ2n) is 5.88. The van der Waals surface area contributed by atoms with Crippen LogP contribution < -0.4 is 0 Å². The number of hydrogen-bond acceptors (Lipinski definition) is 6. The molecule has 8 nitrogen and oxygen atoms in total. The lowest BCUT2D eigenvalue weighted by Gasteiger charge is -2.37. The van der Waals surface area contributed by atoms with E-state index in [0.29, 0.717) is 5.56 Å². The lowest BCUT2D eigenvalue weighted by atomic mass is 9.83. The summed E-state index contributed by atoms with van der Waals surface area (Å²) in [5.74, 6) is -4.10. The van der Waals surface area contributed by atoms with E-state index in [1.807, 2.05) is 0 Å². The molecule has 1 atom stereocenters. The number of nitrogens with zero attached hydrogens (tertiary/aromatic N) is 2. The monoisotopic (exact) mass is 320 g/mol. The van der Waals surface area contributed by atoms with Gasteiger partial charge in [-0.05, 0) is 32.4 Å². The Morgan fingerprint density at radius 2 is 1.96 bits per heavy atom. The molecule has 1 aliphatic rings. The third kappa shape index (κ3) is 2.85. The van der Waals surface area contributed by atoms with Crippen molar-refractivity contribution in [1.29, 1.82) is 0 Å². The molecular formula is C15H16N2O6. The Balaban J connectivity index is 2.53. The Bertz CT molecular complexity index is 725. The zero-order valence-corrected chi connectivity index (χ0v) is 13.2. The molecule has 1 aromatic carbocycles. The van der Waals surface area contributed by atoms with Gasteiger partial charge in [-0.15, -0.1) is 0 Å². The van der Waals surface area contributed by atoms with Gasteiger partial charge in [0.25, 0.3) is 11.6 Å². The molecule has 1 fully saturated rings. The van der Waals surface area contributed by atoms with E-state index >= 15 is 0 Å². The van der Waals surface area contributed by atoms with Crippen LogP contribution in [0.1, 0.15) is 29.8 Å². The molecule has 0 aliphatic carbocycles. The molecule has 2 rings (SSSR count). The first-order chi connectivity index (χ1) is 10.6. The van der Waals surface area contributed by atoms with Crippen LogP contribution >= 0.6 is 0 Å². The average Bonchev–Trinajstić information content (AvgIpc) is 2.45. The first-order valence-corrected chi connectivity index (χ1v) is 6.86. The molecule has 0 bridgehead atoms. The summed E-state index contributed by atoms with van der Waals surface area (Å²) >= 11 is 0. The van der Waals surface area contributed by atoms with E-state index in [0.717, 1.165) is 5.06 Å². The fraction of sp³-hybridized carbons (Fsp3) is 0.400. The van der Waals surface area contributed by atoms with Crippen molar-refractivity contribution in [3.05, 3.63) is 39.4 Å². The number of nitro groups is 1. The zero-order valence-electron chi connectivity index (χ0n) is 13.2. The van der Waals surface area contributed by atoms with Gasteiger partial charge >= 0.3 is 0 Å². The molecule has 122 valence electrons. The minimum Gasteiger partial charge on any atom is -0.295 e. The van der Waals surface area contributed by atoms with Gasteiger partial charge in [-0.2, -0.15) is 0 Å². The number of carbonyl (C=O) groups is 3. The van der Waals surface area contributed by atoms with Gasteiger partial charge < -0.3 is 0 Å². The van der Waals surface area contributed by atoms with Crippen LogP contribution in [0.5, 0.6) is 0 Å². The highest BCUT2D eigenvalue weighted by Gasteiger charge is 2.51. The Kier molecular flexibility index (Phi) is 4.04. The molecule has 0 aromatic heterocycles. The fourth-order valence-electron chi connectivity index (χ4n) is 2.46. The predicted molar refractivity (Wildman–Crippen MR) is 78.6 cm³/mol. The molecule has 1 aromatic rings. The van der Waals surface area contributed by atoms with E-state index in [2.05, 4.69) is 0 Å². The Labute approximate surface area is 132 Å². The number of rotatable bonds is 3. The normalized spacial score (nSPS) is 20.5. The van der Waals surface area contributed by atoms with Gasteiger partial charge in [-0.1, -0.05) is 6.07 Å². The van der Waals surface area contributed by atoms with E-state index in [9.17, 15) is 24.5 Å². The number of amides is 1. The number of carbonyl (C=O) groups excluding carboxylic acids is 3. The van der Waals surface area contributed by atoms with Gasteiger partial charge in [0.15, 0.2) is 17.5 Å². The lowest BCUT2D eigenvalue weighted by Crippen LogP contribution is -2.57. The molecule has 1 aliphatic heterocycles. The third-order valence-electron chi connectivity index (χ3n) is 3.66. The van der Waals surface area contributed by atoms with Gasteiger partial charge in [0.1, 0.15) is 5.60 Å². The Hall–Kier alpha value is -2.61. The summed E-state index contributed by atoms with van der Waals surface area (Å²) in [6.45, 7) is 4.51. The summed E-state index contributed by atoms with van der Waals surface area (Å²) < 4.78 is 0. The Morgan fingerprint density at radius 1 is 1.35 bits per heavy atom. The smallest absolute Gasteiger partial charge is 0.280 e. The van der Waals surface area contributed by atoms with E-state index < -0.39 is 39.6 Å². The van der Waals surface area contributed by atoms with Gasteiger partial charge in [0, 0.05) is 13.1 Å². The van der Waals surface area contributed by atoms with Crippen LogP contribution in [-0.2, 0) is 14.4 Å². The summed E-state index contributed by atoms with van der Waals surface area (Å²) in [4.78, 5) is 52.9. The fourth-order valence-corrected chi connectivity index (χ4v) is 2.46. The van der Waals surface area contributed by atoms with Crippen molar-refractivity contribution in [2.75, 3.05) is 7.05 Å². The number of aryl methyl sites for hydroxylation is 1. The molecule has 0 saturated carbocycles. The first kappa shape index (κ1) is 16.8. The van der Waals surface area contributed by atoms with Gasteiger partial charge in [0.05, 0.1) is 10.5 Å². The van der Waals surface area contributed by atoms with Crippen molar-refractivity contribution in [3.63, 3.8) is 0 Å². The van der Waals surface area contributed by atoms with Gasteiger partial charge in [0.2, 0.25) is 0 Å². The van der Waals surface area contributed by atoms with Crippen molar-refractivity contribution < 1.29 is 24.1 Å². The van der Waals surface area contributed by atoms with Crippen LogP contribution in [-0.4, -0.2) is 40.1 Å². The Morgan fingerprint density at radius 3 is 2.52 bits per heavy atom. The largest absolute Gasteiger partial charge is 0.295 e. The summed E-state index contributed by atoms with van der Waals surface area (Å²) in [7, 11) is 1.29. The standard InChI is InChI=1S/C15H16N2O6/c1-8-5-6-9(10(7-8)17(21)22)12(18)11-13(19)15(2,3)23-16(4)14(11)20/h5-7,11H,1-4H3. The second kappa shape index (κ2) is 5.54.